The first-order chi connectivity index (χ1) is 10.8. The molecule has 1 atom stereocenters. The Morgan fingerprint density at radius 1 is 1.09 bits per heavy atom. The van der Waals surface area contributed by atoms with E-state index in [0.29, 0.717) is 5.92 Å². The van der Waals surface area contributed by atoms with Gasteiger partial charge in [0, 0.05) is 4.88 Å². The molecular weight excluding hydrogens is 284 g/mol. The van der Waals surface area contributed by atoms with Crippen molar-refractivity contribution in [2.75, 3.05) is 0 Å². The minimum absolute atomic E-state index is 0.708. The van der Waals surface area contributed by atoms with Crippen molar-refractivity contribution in [3.05, 3.63) is 46.7 Å². The molecule has 1 aromatic heterocycles. The Bertz CT molecular complexity index is 413. The molecule has 1 aromatic rings. The van der Waals surface area contributed by atoms with Crippen LogP contribution in [0.25, 0.3) is 0 Å². The minimum atomic E-state index is 0.708. The fourth-order valence-corrected chi connectivity index (χ4v) is 3.68. The average molecular weight is 319 g/mol. The van der Waals surface area contributed by atoms with Crippen LogP contribution in [0.5, 0.6) is 0 Å². The van der Waals surface area contributed by atoms with Crippen molar-refractivity contribution in [1.29, 1.82) is 0 Å². The number of unbranched alkanes of at least 4 members (excludes halogenated alkanes) is 5. The lowest BCUT2D eigenvalue weighted by atomic mass is 9.95. The molecular formula is C21H34S. The van der Waals surface area contributed by atoms with Gasteiger partial charge in [-0.1, -0.05) is 63.7 Å². The quantitative estimate of drug-likeness (QED) is 0.261. The number of hydrogen-bond acceptors (Lipinski definition) is 1. The summed E-state index contributed by atoms with van der Waals surface area (Å²) in [6, 6.07) is 2.21. The predicted molar refractivity (Wildman–Crippen MR) is 103 cm³/mol. The standard InChI is InChI=1S/C21H34S/c1-4-6-7-8-9-11-14-20(5-2)15-12-10-13-16-21-19(3)17-18-22-21/h5,10,13,17-18,20H,2,4,6-9,11-12,14-16H2,1,3H3/b13-10+. The summed E-state index contributed by atoms with van der Waals surface area (Å²) < 4.78 is 0. The summed E-state index contributed by atoms with van der Waals surface area (Å²) in [6.45, 7) is 8.50. The number of allylic oxidation sites excluding steroid dienone is 3. The monoisotopic (exact) mass is 318 g/mol. The van der Waals surface area contributed by atoms with E-state index in [1.54, 1.807) is 0 Å². The molecule has 0 amide bonds. The largest absolute Gasteiger partial charge is 0.148 e. The van der Waals surface area contributed by atoms with Gasteiger partial charge in [-0.05, 0) is 55.5 Å². The van der Waals surface area contributed by atoms with Gasteiger partial charge in [-0.15, -0.1) is 17.9 Å². The predicted octanol–water partition coefficient (Wildman–Crippen LogP) is 7.49. The van der Waals surface area contributed by atoms with Crippen LogP contribution in [0.15, 0.2) is 36.3 Å². The molecule has 124 valence electrons. The van der Waals surface area contributed by atoms with Crippen molar-refractivity contribution in [1.82, 2.24) is 0 Å². The van der Waals surface area contributed by atoms with Crippen molar-refractivity contribution < 1.29 is 0 Å². The zero-order valence-corrected chi connectivity index (χ0v) is 15.5. The molecule has 0 nitrogen and oxygen atoms in total. The third kappa shape index (κ3) is 8.58. The van der Waals surface area contributed by atoms with E-state index < -0.39 is 0 Å². The second-order valence-corrected chi connectivity index (χ2v) is 7.33. The highest BCUT2D eigenvalue weighted by Gasteiger charge is 2.03. The summed E-state index contributed by atoms with van der Waals surface area (Å²) in [5.41, 5.74) is 1.43. The van der Waals surface area contributed by atoms with Crippen LogP contribution < -0.4 is 0 Å². The van der Waals surface area contributed by atoms with Crippen molar-refractivity contribution >= 4 is 11.3 Å². The Balaban J connectivity index is 2.08. The SMILES string of the molecule is C=CC(CC/C=C/Cc1sccc1C)CCCCCCCC. The minimum Gasteiger partial charge on any atom is -0.148 e. The highest BCUT2D eigenvalue weighted by Crippen LogP contribution is 2.19. The number of aryl methyl sites for hydroxylation is 1. The Kier molecular flexibility index (Phi) is 11.1. The Morgan fingerprint density at radius 3 is 2.55 bits per heavy atom. The zero-order valence-electron chi connectivity index (χ0n) is 14.7. The van der Waals surface area contributed by atoms with E-state index in [0.717, 1.165) is 6.42 Å². The Morgan fingerprint density at radius 2 is 1.86 bits per heavy atom. The number of rotatable bonds is 13. The van der Waals surface area contributed by atoms with E-state index in [2.05, 4.69) is 50.1 Å². The topological polar surface area (TPSA) is 0 Å². The molecule has 0 N–H and O–H groups in total. The molecule has 22 heavy (non-hydrogen) atoms. The highest BCUT2D eigenvalue weighted by atomic mass is 32.1. The first kappa shape index (κ1) is 19.2. The van der Waals surface area contributed by atoms with Gasteiger partial charge < -0.3 is 0 Å². The lowest BCUT2D eigenvalue weighted by Gasteiger charge is -2.10. The molecule has 1 unspecified atom stereocenters. The van der Waals surface area contributed by atoms with Gasteiger partial charge >= 0.3 is 0 Å². The van der Waals surface area contributed by atoms with E-state index in [1.165, 1.54) is 68.2 Å². The fraction of sp³-hybridized carbons (Fsp3) is 0.619. The second kappa shape index (κ2) is 12.7. The molecule has 1 heterocycles. The van der Waals surface area contributed by atoms with Crippen molar-refractivity contribution in [2.24, 2.45) is 5.92 Å². The van der Waals surface area contributed by atoms with E-state index in [-0.39, 0.29) is 0 Å². The summed E-state index contributed by atoms with van der Waals surface area (Å²) in [5, 5.41) is 2.19. The molecule has 0 saturated carbocycles. The van der Waals surface area contributed by atoms with Crippen molar-refractivity contribution in [3.63, 3.8) is 0 Å². The second-order valence-electron chi connectivity index (χ2n) is 6.33. The number of hydrogen-bond donors (Lipinski definition) is 0. The van der Waals surface area contributed by atoms with Crippen LogP contribution in [-0.2, 0) is 6.42 Å². The smallest absolute Gasteiger partial charge is 0.0112 e. The summed E-state index contributed by atoms with van der Waals surface area (Å²) in [5.74, 6) is 0.708. The van der Waals surface area contributed by atoms with E-state index in [4.69, 9.17) is 0 Å². The van der Waals surface area contributed by atoms with Crippen LogP contribution in [0.2, 0.25) is 0 Å². The Labute approximate surface area is 142 Å². The van der Waals surface area contributed by atoms with Gasteiger partial charge in [-0.3, -0.25) is 0 Å². The van der Waals surface area contributed by atoms with Gasteiger partial charge in [0.1, 0.15) is 0 Å². The number of thiophene rings is 1. The van der Waals surface area contributed by atoms with Crippen LogP contribution in [0.3, 0.4) is 0 Å². The molecule has 0 aliphatic rings. The maximum absolute atomic E-state index is 4.02. The summed E-state index contributed by atoms with van der Waals surface area (Å²) >= 11 is 1.87. The van der Waals surface area contributed by atoms with Crippen molar-refractivity contribution in [2.45, 2.75) is 78.1 Å². The molecule has 0 aliphatic carbocycles. The molecule has 0 saturated heterocycles. The normalized spacial score (nSPS) is 12.8. The van der Waals surface area contributed by atoms with Crippen LogP contribution in [0, 0.1) is 12.8 Å². The van der Waals surface area contributed by atoms with E-state index >= 15 is 0 Å². The molecule has 1 rings (SSSR count). The first-order valence-corrected chi connectivity index (χ1v) is 9.96. The van der Waals surface area contributed by atoms with Crippen LogP contribution >= 0.6 is 11.3 Å². The summed E-state index contributed by atoms with van der Waals surface area (Å²) in [4.78, 5) is 1.50. The van der Waals surface area contributed by atoms with Gasteiger partial charge in [-0.2, -0.15) is 0 Å². The van der Waals surface area contributed by atoms with E-state index in [1.807, 2.05) is 11.3 Å². The molecule has 0 bridgehead atoms. The fourth-order valence-electron chi connectivity index (χ4n) is 2.80. The molecule has 1 heteroatoms. The van der Waals surface area contributed by atoms with E-state index in [9.17, 15) is 0 Å². The van der Waals surface area contributed by atoms with Crippen LogP contribution in [-0.4, -0.2) is 0 Å². The lowest BCUT2D eigenvalue weighted by molar-refractivity contribution is 0.497. The van der Waals surface area contributed by atoms with Gasteiger partial charge in [0.25, 0.3) is 0 Å². The van der Waals surface area contributed by atoms with Crippen LogP contribution in [0.1, 0.15) is 75.2 Å². The highest BCUT2D eigenvalue weighted by molar-refractivity contribution is 7.10. The summed E-state index contributed by atoms with van der Waals surface area (Å²) in [6.07, 6.45) is 20.1. The summed E-state index contributed by atoms with van der Waals surface area (Å²) in [7, 11) is 0. The van der Waals surface area contributed by atoms with Crippen molar-refractivity contribution in [3.8, 4) is 0 Å². The third-order valence-electron chi connectivity index (χ3n) is 4.40. The molecule has 0 aliphatic heterocycles. The maximum Gasteiger partial charge on any atom is 0.0112 e. The van der Waals surface area contributed by atoms with Gasteiger partial charge in [0.15, 0.2) is 0 Å². The first-order valence-electron chi connectivity index (χ1n) is 9.08. The molecule has 0 aromatic carbocycles. The average Bonchev–Trinajstić information content (AvgIpc) is 2.93. The zero-order chi connectivity index (χ0) is 16.0. The van der Waals surface area contributed by atoms with Gasteiger partial charge in [0.05, 0.1) is 0 Å². The molecule has 0 fully saturated rings. The molecule has 0 radical (unpaired) electrons. The molecule has 0 spiro atoms. The van der Waals surface area contributed by atoms with Crippen LogP contribution in [0.4, 0.5) is 0 Å². The Hall–Kier alpha value is -0.820. The van der Waals surface area contributed by atoms with Gasteiger partial charge in [0.2, 0.25) is 0 Å². The maximum atomic E-state index is 4.02. The lowest BCUT2D eigenvalue weighted by Crippen LogP contribution is -1.95. The third-order valence-corrected chi connectivity index (χ3v) is 5.45. The van der Waals surface area contributed by atoms with Gasteiger partial charge in [-0.25, -0.2) is 0 Å².